The molecular weight excluding hydrogens is 337 g/mol. The lowest BCUT2D eigenvalue weighted by molar-refractivity contribution is -0.116. The molecule has 0 spiro atoms. The van der Waals surface area contributed by atoms with Gasteiger partial charge in [0.05, 0.1) is 27.3 Å². The van der Waals surface area contributed by atoms with Gasteiger partial charge in [0.25, 0.3) is 5.56 Å². The summed E-state index contributed by atoms with van der Waals surface area (Å²) >= 11 is 11.7. The number of fused-ring (bicyclic) bond motifs is 1. The van der Waals surface area contributed by atoms with E-state index in [1.165, 1.54) is 10.9 Å². The van der Waals surface area contributed by atoms with Gasteiger partial charge in [-0.3, -0.25) is 14.2 Å². The largest absolute Gasteiger partial charge is 0.324 e. The minimum Gasteiger partial charge on any atom is -0.324 e. The summed E-state index contributed by atoms with van der Waals surface area (Å²) in [6, 6.07) is 11.7. The predicted octanol–water partition coefficient (Wildman–Crippen LogP) is 3.34. The number of benzene rings is 2. The molecule has 0 saturated carbocycles. The Balaban J connectivity index is 1.81. The summed E-state index contributed by atoms with van der Waals surface area (Å²) in [4.78, 5) is 28.6. The number of para-hydroxylation sites is 1. The van der Waals surface area contributed by atoms with E-state index in [1.807, 2.05) is 0 Å². The SMILES string of the molecule is O=C(Cn1cnc2ccccc2c1=O)Nc1ccc(Cl)c(Cl)c1. The molecule has 23 heavy (non-hydrogen) atoms. The van der Waals surface area contributed by atoms with E-state index in [2.05, 4.69) is 10.3 Å². The third-order valence-electron chi connectivity index (χ3n) is 3.25. The van der Waals surface area contributed by atoms with E-state index in [0.717, 1.165) is 0 Å². The third-order valence-corrected chi connectivity index (χ3v) is 3.99. The standard InChI is InChI=1S/C16H11Cl2N3O2/c17-12-6-5-10(7-13(12)18)20-15(22)8-21-9-19-14-4-2-1-3-11(14)16(21)23/h1-7,9H,8H2,(H,20,22). The number of nitrogens with one attached hydrogen (secondary N) is 1. The van der Waals surface area contributed by atoms with Gasteiger partial charge < -0.3 is 5.32 Å². The zero-order valence-corrected chi connectivity index (χ0v) is 13.3. The van der Waals surface area contributed by atoms with Crippen LogP contribution in [0.15, 0.2) is 53.6 Å². The van der Waals surface area contributed by atoms with Gasteiger partial charge >= 0.3 is 0 Å². The second-order valence-electron chi connectivity index (χ2n) is 4.87. The molecule has 1 amide bonds. The zero-order valence-electron chi connectivity index (χ0n) is 11.8. The molecule has 0 bridgehead atoms. The Labute approximate surface area is 141 Å². The fraction of sp³-hybridized carbons (Fsp3) is 0.0625. The van der Waals surface area contributed by atoms with E-state index >= 15 is 0 Å². The second kappa shape index (κ2) is 6.40. The van der Waals surface area contributed by atoms with Gasteiger partial charge in [-0.15, -0.1) is 0 Å². The monoisotopic (exact) mass is 347 g/mol. The lowest BCUT2D eigenvalue weighted by atomic mass is 10.2. The zero-order chi connectivity index (χ0) is 16.4. The molecular formula is C16H11Cl2N3O2. The minimum atomic E-state index is -0.359. The summed E-state index contributed by atoms with van der Waals surface area (Å²) in [6.45, 7) is -0.142. The molecule has 1 heterocycles. The Kier molecular flexibility index (Phi) is 4.32. The Bertz CT molecular complexity index is 953. The fourth-order valence-electron chi connectivity index (χ4n) is 2.15. The van der Waals surface area contributed by atoms with Crippen molar-refractivity contribution in [3.63, 3.8) is 0 Å². The molecule has 3 aromatic rings. The van der Waals surface area contributed by atoms with Crippen molar-refractivity contribution in [2.75, 3.05) is 5.32 Å². The number of anilines is 1. The molecule has 0 aliphatic rings. The first-order valence-electron chi connectivity index (χ1n) is 6.73. The molecule has 0 aliphatic carbocycles. The summed E-state index contributed by atoms with van der Waals surface area (Å²) in [5, 5.41) is 3.88. The van der Waals surface area contributed by atoms with E-state index in [1.54, 1.807) is 42.5 Å². The number of halogens is 2. The topological polar surface area (TPSA) is 64.0 Å². The molecule has 1 aromatic heterocycles. The van der Waals surface area contributed by atoms with E-state index in [4.69, 9.17) is 23.2 Å². The molecule has 0 aliphatic heterocycles. The van der Waals surface area contributed by atoms with Gasteiger partial charge in [0, 0.05) is 5.69 Å². The van der Waals surface area contributed by atoms with Gasteiger partial charge in [-0.25, -0.2) is 4.98 Å². The number of rotatable bonds is 3. The van der Waals surface area contributed by atoms with E-state index in [-0.39, 0.29) is 18.0 Å². The summed E-state index contributed by atoms with van der Waals surface area (Å²) in [5.41, 5.74) is 0.838. The van der Waals surface area contributed by atoms with Crippen molar-refractivity contribution in [1.82, 2.24) is 9.55 Å². The summed E-state index contributed by atoms with van der Waals surface area (Å²) in [7, 11) is 0. The van der Waals surface area contributed by atoms with E-state index < -0.39 is 0 Å². The highest BCUT2D eigenvalue weighted by Crippen LogP contribution is 2.24. The Morgan fingerprint density at radius 3 is 2.70 bits per heavy atom. The van der Waals surface area contributed by atoms with Gasteiger partial charge in [0.1, 0.15) is 6.54 Å². The first kappa shape index (κ1) is 15.5. The van der Waals surface area contributed by atoms with Crippen LogP contribution >= 0.6 is 23.2 Å². The summed E-state index contributed by atoms with van der Waals surface area (Å²) < 4.78 is 1.26. The fourth-order valence-corrected chi connectivity index (χ4v) is 2.45. The van der Waals surface area contributed by atoms with Crippen molar-refractivity contribution in [3.8, 4) is 0 Å². The van der Waals surface area contributed by atoms with Gasteiger partial charge in [-0.1, -0.05) is 35.3 Å². The summed E-state index contributed by atoms with van der Waals surface area (Å²) in [5.74, 6) is -0.359. The van der Waals surface area contributed by atoms with Crippen molar-refractivity contribution in [2.45, 2.75) is 6.54 Å². The predicted molar refractivity (Wildman–Crippen MR) is 91.1 cm³/mol. The van der Waals surface area contributed by atoms with Crippen LogP contribution in [0.2, 0.25) is 10.0 Å². The first-order chi connectivity index (χ1) is 11.0. The van der Waals surface area contributed by atoms with Crippen molar-refractivity contribution in [1.29, 1.82) is 0 Å². The highest BCUT2D eigenvalue weighted by atomic mass is 35.5. The van der Waals surface area contributed by atoms with Crippen LogP contribution < -0.4 is 10.9 Å². The molecule has 7 heteroatoms. The van der Waals surface area contributed by atoms with Crippen LogP contribution in [0.25, 0.3) is 10.9 Å². The molecule has 2 aromatic carbocycles. The van der Waals surface area contributed by atoms with Crippen LogP contribution in [-0.2, 0) is 11.3 Å². The van der Waals surface area contributed by atoms with Gasteiger partial charge in [0.2, 0.25) is 5.91 Å². The quantitative estimate of drug-likeness (QED) is 0.790. The molecule has 0 atom stereocenters. The van der Waals surface area contributed by atoms with E-state index in [0.29, 0.717) is 26.6 Å². The highest BCUT2D eigenvalue weighted by Gasteiger charge is 2.09. The van der Waals surface area contributed by atoms with Gasteiger partial charge in [-0.05, 0) is 30.3 Å². The van der Waals surface area contributed by atoms with Crippen LogP contribution in [0.5, 0.6) is 0 Å². The van der Waals surface area contributed by atoms with Gasteiger partial charge in [-0.2, -0.15) is 0 Å². The molecule has 1 N–H and O–H groups in total. The maximum absolute atomic E-state index is 12.3. The molecule has 0 radical (unpaired) electrons. The lowest BCUT2D eigenvalue weighted by Gasteiger charge is -2.08. The second-order valence-corrected chi connectivity index (χ2v) is 5.69. The van der Waals surface area contributed by atoms with E-state index in [9.17, 15) is 9.59 Å². The van der Waals surface area contributed by atoms with Crippen molar-refractivity contribution in [3.05, 3.63) is 69.2 Å². The number of amides is 1. The average Bonchev–Trinajstić information content (AvgIpc) is 2.54. The van der Waals surface area contributed by atoms with Crippen LogP contribution in [0.4, 0.5) is 5.69 Å². The van der Waals surface area contributed by atoms with Gasteiger partial charge in [0.15, 0.2) is 0 Å². The van der Waals surface area contributed by atoms with Crippen molar-refractivity contribution in [2.24, 2.45) is 0 Å². The lowest BCUT2D eigenvalue weighted by Crippen LogP contribution is -2.27. The minimum absolute atomic E-state index is 0.142. The third kappa shape index (κ3) is 3.36. The first-order valence-corrected chi connectivity index (χ1v) is 7.49. The number of nitrogens with zero attached hydrogens (tertiary/aromatic N) is 2. The summed E-state index contributed by atoms with van der Waals surface area (Å²) in [6.07, 6.45) is 1.36. The van der Waals surface area contributed by atoms with Crippen LogP contribution in [0.3, 0.4) is 0 Å². The number of carbonyl (C=O) groups excluding carboxylic acids is 1. The molecule has 116 valence electrons. The average molecular weight is 348 g/mol. The number of carbonyl (C=O) groups is 1. The Hall–Kier alpha value is -2.37. The molecule has 0 fully saturated rings. The maximum Gasteiger partial charge on any atom is 0.261 e. The number of aromatic nitrogens is 2. The molecule has 5 nitrogen and oxygen atoms in total. The highest BCUT2D eigenvalue weighted by molar-refractivity contribution is 6.42. The van der Waals surface area contributed by atoms with Crippen LogP contribution in [0.1, 0.15) is 0 Å². The van der Waals surface area contributed by atoms with Crippen molar-refractivity contribution >= 4 is 45.7 Å². The Morgan fingerprint density at radius 1 is 1.13 bits per heavy atom. The number of hydrogen-bond acceptors (Lipinski definition) is 3. The molecule has 0 unspecified atom stereocenters. The van der Waals surface area contributed by atoms with Crippen molar-refractivity contribution < 1.29 is 4.79 Å². The smallest absolute Gasteiger partial charge is 0.261 e. The van der Waals surface area contributed by atoms with Crippen LogP contribution in [-0.4, -0.2) is 15.5 Å². The Morgan fingerprint density at radius 2 is 1.91 bits per heavy atom. The number of hydrogen-bond donors (Lipinski definition) is 1. The maximum atomic E-state index is 12.3. The molecule has 3 rings (SSSR count). The molecule has 0 saturated heterocycles. The van der Waals surface area contributed by atoms with Crippen LogP contribution in [0, 0.1) is 0 Å². The normalized spacial score (nSPS) is 10.7.